The summed E-state index contributed by atoms with van der Waals surface area (Å²) in [4.78, 5) is 3.99. The molecule has 1 unspecified atom stereocenters. The summed E-state index contributed by atoms with van der Waals surface area (Å²) in [6.07, 6.45) is 3.23. The number of nitriles is 1. The Morgan fingerprint density at radius 3 is 2.78 bits per heavy atom. The first kappa shape index (κ1) is 12.1. The lowest BCUT2D eigenvalue weighted by atomic mass is 10.1. The van der Waals surface area contributed by atoms with Gasteiger partial charge in [0.05, 0.1) is 17.4 Å². The van der Waals surface area contributed by atoms with Crippen LogP contribution < -0.4 is 11.1 Å². The molecule has 0 amide bonds. The number of rotatable bonds is 4. The minimum atomic E-state index is -0.113. The highest BCUT2D eigenvalue weighted by Crippen LogP contribution is 2.14. The van der Waals surface area contributed by atoms with Crippen molar-refractivity contribution in [3.05, 3.63) is 59.9 Å². The Hall–Kier alpha value is -2.38. The van der Waals surface area contributed by atoms with Crippen molar-refractivity contribution in [3.63, 3.8) is 0 Å². The van der Waals surface area contributed by atoms with Crippen molar-refractivity contribution < 1.29 is 0 Å². The van der Waals surface area contributed by atoms with E-state index < -0.39 is 0 Å². The van der Waals surface area contributed by atoms with E-state index in [2.05, 4.69) is 16.4 Å². The number of hydrogen-bond acceptors (Lipinski definition) is 4. The number of benzene rings is 1. The number of hydrogen-bond donors (Lipinski definition) is 2. The van der Waals surface area contributed by atoms with E-state index in [9.17, 15) is 0 Å². The lowest BCUT2D eigenvalue weighted by Gasteiger charge is -2.14. The highest BCUT2D eigenvalue weighted by Gasteiger charge is 2.06. The predicted molar refractivity (Wildman–Crippen MR) is 70.8 cm³/mol. The molecular weight excluding hydrogens is 224 g/mol. The molecule has 2 aromatic rings. The zero-order chi connectivity index (χ0) is 12.8. The molecule has 90 valence electrons. The molecule has 0 bridgehead atoms. The average molecular weight is 238 g/mol. The second kappa shape index (κ2) is 5.80. The summed E-state index contributed by atoms with van der Waals surface area (Å²) >= 11 is 0. The van der Waals surface area contributed by atoms with Gasteiger partial charge in [-0.25, -0.2) is 0 Å². The molecule has 1 aromatic carbocycles. The standard InChI is InChI=1S/C14H14N4/c15-8-12-6-7-17-10-14(12)18-9-13(16)11-4-2-1-3-5-11/h1-7,10,13,18H,9,16H2. The Morgan fingerprint density at radius 2 is 2.06 bits per heavy atom. The van der Waals surface area contributed by atoms with Crippen LogP contribution in [0.15, 0.2) is 48.8 Å². The molecule has 0 saturated heterocycles. The van der Waals surface area contributed by atoms with Crippen LogP contribution >= 0.6 is 0 Å². The molecule has 0 fully saturated rings. The van der Waals surface area contributed by atoms with Gasteiger partial charge >= 0.3 is 0 Å². The smallest absolute Gasteiger partial charge is 0.101 e. The fourth-order valence-corrected chi connectivity index (χ4v) is 1.67. The van der Waals surface area contributed by atoms with Gasteiger partial charge in [-0.05, 0) is 11.6 Å². The van der Waals surface area contributed by atoms with Crippen LogP contribution in [0.3, 0.4) is 0 Å². The highest BCUT2D eigenvalue weighted by molar-refractivity contribution is 5.55. The van der Waals surface area contributed by atoms with E-state index in [4.69, 9.17) is 11.0 Å². The van der Waals surface area contributed by atoms with Gasteiger partial charge in [-0.3, -0.25) is 4.98 Å². The first-order valence-corrected chi connectivity index (χ1v) is 5.70. The van der Waals surface area contributed by atoms with Crippen molar-refractivity contribution in [2.75, 3.05) is 11.9 Å². The Bertz CT molecular complexity index is 545. The van der Waals surface area contributed by atoms with Crippen LogP contribution in [-0.2, 0) is 0 Å². The fourth-order valence-electron chi connectivity index (χ4n) is 1.67. The monoisotopic (exact) mass is 238 g/mol. The molecule has 2 rings (SSSR count). The summed E-state index contributed by atoms with van der Waals surface area (Å²) < 4.78 is 0. The first-order valence-electron chi connectivity index (χ1n) is 5.70. The number of nitrogens with two attached hydrogens (primary N) is 1. The summed E-state index contributed by atoms with van der Waals surface area (Å²) in [6, 6.07) is 13.5. The van der Waals surface area contributed by atoms with E-state index in [0.717, 1.165) is 5.56 Å². The normalized spacial score (nSPS) is 11.6. The second-order valence-corrected chi connectivity index (χ2v) is 3.93. The minimum absolute atomic E-state index is 0.113. The zero-order valence-corrected chi connectivity index (χ0v) is 9.88. The Balaban J connectivity index is 2.02. The molecule has 0 spiro atoms. The molecule has 4 heteroatoms. The van der Waals surface area contributed by atoms with E-state index in [-0.39, 0.29) is 6.04 Å². The number of aromatic nitrogens is 1. The third-order valence-corrected chi connectivity index (χ3v) is 2.68. The van der Waals surface area contributed by atoms with Gasteiger partial charge in [-0.15, -0.1) is 0 Å². The van der Waals surface area contributed by atoms with Crippen LogP contribution in [0.25, 0.3) is 0 Å². The van der Waals surface area contributed by atoms with Gasteiger partial charge in [-0.2, -0.15) is 5.26 Å². The van der Waals surface area contributed by atoms with Gasteiger partial charge in [0, 0.05) is 18.8 Å². The molecule has 1 heterocycles. The lowest BCUT2D eigenvalue weighted by molar-refractivity contribution is 0.764. The Labute approximate surface area is 106 Å². The van der Waals surface area contributed by atoms with Crippen LogP contribution in [-0.4, -0.2) is 11.5 Å². The maximum absolute atomic E-state index is 8.95. The molecule has 0 radical (unpaired) electrons. The van der Waals surface area contributed by atoms with Gasteiger partial charge < -0.3 is 11.1 Å². The summed E-state index contributed by atoms with van der Waals surface area (Å²) in [5.41, 5.74) is 8.42. The van der Waals surface area contributed by atoms with Crippen molar-refractivity contribution in [2.24, 2.45) is 5.73 Å². The molecule has 4 nitrogen and oxygen atoms in total. The van der Waals surface area contributed by atoms with Crippen molar-refractivity contribution in [2.45, 2.75) is 6.04 Å². The average Bonchev–Trinajstić information content (AvgIpc) is 2.46. The Morgan fingerprint density at radius 1 is 1.28 bits per heavy atom. The molecule has 0 saturated carbocycles. The third kappa shape index (κ3) is 2.84. The van der Waals surface area contributed by atoms with Crippen LogP contribution in [0.4, 0.5) is 5.69 Å². The van der Waals surface area contributed by atoms with Crippen LogP contribution in [0.2, 0.25) is 0 Å². The molecule has 18 heavy (non-hydrogen) atoms. The van der Waals surface area contributed by atoms with E-state index in [0.29, 0.717) is 17.8 Å². The number of pyridine rings is 1. The zero-order valence-electron chi connectivity index (χ0n) is 9.88. The largest absolute Gasteiger partial charge is 0.381 e. The van der Waals surface area contributed by atoms with Crippen LogP contribution in [0.5, 0.6) is 0 Å². The van der Waals surface area contributed by atoms with Gasteiger partial charge in [0.25, 0.3) is 0 Å². The molecular formula is C14H14N4. The van der Waals surface area contributed by atoms with E-state index in [1.54, 1.807) is 18.5 Å². The van der Waals surface area contributed by atoms with Gasteiger partial charge in [0.1, 0.15) is 6.07 Å². The molecule has 3 N–H and O–H groups in total. The van der Waals surface area contributed by atoms with Crippen LogP contribution in [0, 0.1) is 11.3 Å². The summed E-state index contributed by atoms with van der Waals surface area (Å²) in [5.74, 6) is 0. The second-order valence-electron chi connectivity index (χ2n) is 3.93. The minimum Gasteiger partial charge on any atom is -0.381 e. The molecule has 1 atom stereocenters. The summed E-state index contributed by atoms with van der Waals surface area (Å²) in [6.45, 7) is 0.560. The van der Waals surface area contributed by atoms with Crippen molar-refractivity contribution >= 4 is 5.69 Å². The van der Waals surface area contributed by atoms with Crippen molar-refractivity contribution in [1.29, 1.82) is 5.26 Å². The summed E-state index contributed by atoms with van der Waals surface area (Å²) in [7, 11) is 0. The molecule has 0 aliphatic carbocycles. The molecule has 0 aliphatic heterocycles. The van der Waals surface area contributed by atoms with E-state index in [1.807, 2.05) is 30.3 Å². The number of nitrogens with zero attached hydrogens (tertiary/aromatic N) is 2. The molecule has 1 aromatic heterocycles. The SMILES string of the molecule is N#Cc1ccncc1NCC(N)c1ccccc1. The van der Waals surface area contributed by atoms with Crippen LogP contribution in [0.1, 0.15) is 17.2 Å². The topological polar surface area (TPSA) is 74.7 Å². The predicted octanol–water partition coefficient (Wildman–Crippen LogP) is 2.07. The third-order valence-electron chi connectivity index (χ3n) is 2.68. The van der Waals surface area contributed by atoms with Gasteiger partial charge in [-0.1, -0.05) is 30.3 Å². The van der Waals surface area contributed by atoms with E-state index >= 15 is 0 Å². The highest BCUT2D eigenvalue weighted by atomic mass is 14.9. The molecule has 0 aliphatic rings. The maximum Gasteiger partial charge on any atom is 0.101 e. The number of nitrogens with one attached hydrogen (secondary N) is 1. The maximum atomic E-state index is 8.95. The quantitative estimate of drug-likeness (QED) is 0.855. The van der Waals surface area contributed by atoms with Gasteiger partial charge in [0.2, 0.25) is 0 Å². The lowest BCUT2D eigenvalue weighted by Crippen LogP contribution is -2.20. The van der Waals surface area contributed by atoms with Crippen molar-refractivity contribution in [1.82, 2.24) is 4.98 Å². The van der Waals surface area contributed by atoms with Gasteiger partial charge in [0.15, 0.2) is 0 Å². The van der Waals surface area contributed by atoms with Crippen molar-refractivity contribution in [3.8, 4) is 6.07 Å². The number of anilines is 1. The summed E-state index contributed by atoms with van der Waals surface area (Å²) in [5, 5.41) is 12.1. The first-order chi connectivity index (χ1) is 8.81. The fraction of sp³-hybridized carbons (Fsp3) is 0.143. The Kier molecular flexibility index (Phi) is 3.90. The van der Waals surface area contributed by atoms with E-state index in [1.165, 1.54) is 0 Å².